The summed E-state index contributed by atoms with van der Waals surface area (Å²) in [5, 5.41) is 32.1. The van der Waals surface area contributed by atoms with E-state index in [4.69, 9.17) is 4.74 Å². The minimum absolute atomic E-state index is 0.0299. The molecule has 2 rings (SSSR count). The summed E-state index contributed by atoms with van der Waals surface area (Å²) in [6.07, 6.45) is -5.06. The van der Waals surface area contributed by atoms with Gasteiger partial charge in [-0.2, -0.15) is 0 Å². The summed E-state index contributed by atoms with van der Waals surface area (Å²) in [7, 11) is 0. The quantitative estimate of drug-likeness (QED) is 0.588. The number of carbonyl (C=O) groups is 1. The average molecular weight is 281 g/mol. The van der Waals surface area contributed by atoms with E-state index >= 15 is 0 Å². The Morgan fingerprint density at radius 3 is 2.25 bits per heavy atom. The van der Waals surface area contributed by atoms with Crippen LogP contribution in [0.25, 0.3) is 0 Å². The zero-order chi connectivity index (χ0) is 14.9. The summed E-state index contributed by atoms with van der Waals surface area (Å²) in [5.41, 5.74) is 1.24. The number of hydrogen-bond acceptors (Lipinski definition) is 6. The number of ether oxygens (including phenoxy) is 1. The van der Waals surface area contributed by atoms with Crippen LogP contribution in [0.5, 0.6) is 0 Å². The highest BCUT2D eigenvalue weighted by atomic mass is 16.5. The zero-order valence-corrected chi connectivity index (χ0v) is 11.4. The van der Waals surface area contributed by atoms with Gasteiger partial charge < -0.3 is 25.4 Å². The van der Waals surface area contributed by atoms with Gasteiger partial charge in [-0.25, -0.2) is 0 Å². The van der Waals surface area contributed by atoms with Gasteiger partial charge in [0.05, 0.1) is 6.10 Å². The van der Waals surface area contributed by atoms with Crippen molar-refractivity contribution in [2.24, 2.45) is 0 Å². The van der Waals surface area contributed by atoms with Gasteiger partial charge in [-0.15, -0.1) is 0 Å². The average Bonchev–Trinajstić information content (AvgIpc) is 2.43. The molecule has 1 aromatic carbocycles. The fourth-order valence-electron chi connectivity index (χ4n) is 2.14. The van der Waals surface area contributed by atoms with Crippen molar-refractivity contribution in [3.05, 3.63) is 29.8 Å². The third-order valence-electron chi connectivity index (χ3n) is 3.45. The lowest BCUT2D eigenvalue weighted by Crippen LogP contribution is -2.58. The molecule has 0 radical (unpaired) electrons. The largest absolute Gasteiger partial charge is 0.388 e. The number of aliphatic hydroxyl groups is 3. The Hall–Kier alpha value is -1.47. The highest BCUT2D eigenvalue weighted by Gasteiger charge is 2.41. The van der Waals surface area contributed by atoms with Crippen LogP contribution in [-0.2, 0) is 4.74 Å². The SMILES string of the molecule is CC(=O)c1ccc(N[C@@H]2O[C@H](C)[C@H](O)[C@H](O)[C@@H]2O)cc1. The van der Waals surface area contributed by atoms with Gasteiger partial charge in [0.1, 0.15) is 18.3 Å². The lowest BCUT2D eigenvalue weighted by molar-refractivity contribution is -0.209. The monoisotopic (exact) mass is 281 g/mol. The summed E-state index contributed by atoms with van der Waals surface area (Å²) >= 11 is 0. The number of Topliss-reactive ketones (excluding diaryl/α,β-unsaturated/α-hetero) is 1. The number of carbonyl (C=O) groups excluding carboxylic acids is 1. The molecule has 110 valence electrons. The predicted octanol–water partition coefficient (Wildman–Crippen LogP) is 0.129. The Balaban J connectivity index is 2.07. The first-order valence-corrected chi connectivity index (χ1v) is 6.47. The summed E-state index contributed by atoms with van der Waals surface area (Å²) in [5.74, 6) is -0.0299. The summed E-state index contributed by atoms with van der Waals surface area (Å²) in [6, 6.07) is 6.70. The molecule has 4 N–H and O–H groups in total. The minimum atomic E-state index is -1.27. The highest BCUT2D eigenvalue weighted by molar-refractivity contribution is 5.94. The molecule has 1 aliphatic heterocycles. The molecule has 1 aliphatic rings. The van der Waals surface area contributed by atoms with Crippen LogP contribution < -0.4 is 5.32 Å². The molecule has 5 atom stereocenters. The Morgan fingerprint density at radius 2 is 1.70 bits per heavy atom. The molecule has 1 saturated heterocycles. The van der Waals surface area contributed by atoms with Crippen molar-refractivity contribution in [1.29, 1.82) is 0 Å². The van der Waals surface area contributed by atoms with Crippen molar-refractivity contribution < 1.29 is 24.9 Å². The maximum absolute atomic E-state index is 11.2. The molecule has 1 heterocycles. The molecule has 0 spiro atoms. The second-order valence-electron chi connectivity index (χ2n) is 5.01. The van der Waals surface area contributed by atoms with E-state index in [2.05, 4.69) is 5.32 Å². The van der Waals surface area contributed by atoms with Crippen LogP contribution in [0.1, 0.15) is 24.2 Å². The molecule has 6 nitrogen and oxygen atoms in total. The number of rotatable bonds is 3. The number of benzene rings is 1. The lowest BCUT2D eigenvalue weighted by atomic mass is 9.99. The maximum Gasteiger partial charge on any atom is 0.159 e. The van der Waals surface area contributed by atoms with Gasteiger partial charge in [0.2, 0.25) is 0 Å². The van der Waals surface area contributed by atoms with E-state index in [-0.39, 0.29) is 5.78 Å². The van der Waals surface area contributed by atoms with Crippen LogP contribution in [0.4, 0.5) is 5.69 Å². The van der Waals surface area contributed by atoms with Gasteiger partial charge >= 0.3 is 0 Å². The fourth-order valence-corrected chi connectivity index (χ4v) is 2.14. The predicted molar refractivity (Wildman–Crippen MR) is 72.4 cm³/mol. The zero-order valence-electron chi connectivity index (χ0n) is 11.4. The minimum Gasteiger partial charge on any atom is -0.388 e. The maximum atomic E-state index is 11.2. The summed E-state index contributed by atoms with van der Waals surface area (Å²) in [4.78, 5) is 11.2. The van der Waals surface area contributed by atoms with Gasteiger partial charge in [-0.1, -0.05) is 0 Å². The molecule has 0 aliphatic carbocycles. The van der Waals surface area contributed by atoms with E-state index in [1.54, 1.807) is 31.2 Å². The standard InChI is InChI=1S/C14H19NO5/c1-7(16)9-3-5-10(6-4-9)15-14-13(19)12(18)11(17)8(2)20-14/h3-6,8,11-15,17-19H,1-2H3/t8-,11+,12+,13+,14-/m1/s1. The normalized spacial score (nSPS) is 33.8. The molecule has 0 aromatic heterocycles. The Morgan fingerprint density at radius 1 is 1.10 bits per heavy atom. The van der Waals surface area contributed by atoms with Gasteiger partial charge in [-0.05, 0) is 38.1 Å². The molecule has 1 fully saturated rings. The fraction of sp³-hybridized carbons (Fsp3) is 0.500. The van der Waals surface area contributed by atoms with Crippen molar-refractivity contribution in [2.45, 2.75) is 44.5 Å². The first-order chi connectivity index (χ1) is 9.40. The lowest BCUT2D eigenvalue weighted by Gasteiger charge is -2.39. The van der Waals surface area contributed by atoms with E-state index in [0.717, 1.165) is 0 Å². The van der Waals surface area contributed by atoms with Gasteiger partial charge in [-0.3, -0.25) is 4.79 Å². The van der Waals surface area contributed by atoms with E-state index < -0.39 is 30.6 Å². The van der Waals surface area contributed by atoms with Crippen LogP contribution in [0, 0.1) is 0 Å². The topological polar surface area (TPSA) is 99.0 Å². The third kappa shape index (κ3) is 2.99. The smallest absolute Gasteiger partial charge is 0.159 e. The Kier molecular flexibility index (Phi) is 4.39. The van der Waals surface area contributed by atoms with Gasteiger partial charge in [0.15, 0.2) is 12.0 Å². The van der Waals surface area contributed by atoms with Crippen molar-refractivity contribution in [3.63, 3.8) is 0 Å². The molecular weight excluding hydrogens is 262 g/mol. The Labute approximate surface area is 117 Å². The van der Waals surface area contributed by atoms with Crippen LogP contribution >= 0.6 is 0 Å². The number of hydrogen-bond donors (Lipinski definition) is 4. The number of anilines is 1. The van der Waals surface area contributed by atoms with Gasteiger partial charge in [0.25, 0.3) is 0 Å². The van der Waals surface area contributed by atoms with Crippen LogP contribution in [-0.4, -0.2) is 51.7 Å². The molecule has 20 heavy (non-hydrogen) atoms. The second-order valence-corrected chi connectivity index (χ2v) is 5.01. The number of ketones is 1. The highest BCUT2D eigenvalue weighted by Crippen LogP contribution is 2.22. The molecule has 0 bridgehead atoms. The van der Waals surface area contributed by atoms with E-state index in [9.17, 15) is 20.1 Å². The van der Waals surface area contributed by atoms with E-state index in [0.29, 0.717) is 11.3 Å². The molecule has 0 unspecified atom stereocenters. The molecule has 0 saturated carbocycles. The van der Waals surface area contributed by atoms with Crippen molar-refractivity contribution in [1.82, 2.24) is 0 Å². The molecular formula is C14H19NO5. The van der Waals surface area contributed by atoms with Crippen molar-refractivity contribution in [2.75, 3.05) is 5.32 Å². The van der Waals surface area contributed by atoms with Crippen LogP contribution in [0.15, 0.2) is 24.3 Å². The molecule has 1 aromatic rings. The number of aliphatic hydroxyl groups excluding tert-OH is 3. The third-order valence-corrected chi connectivity index (χ3v) is 3.45. The number of nitrogens with one attached hydrogen (secondary N) is 1. The molecule has 6 heteroatoms. The van der Waals surface area contributed by atoms with Gasteiger partial charge in [0, 0.05) is 11.3 Å². The molecule has 0 amide bonds. The van der Waals surface area contributed by atoms with Crippen LogP contribution in [0.3, 0.4) is 0 Å². The van der Waals surface area contributed by atoms with E-state index in [1.807, 2.05) is 0 Å². The second kappa shape index (κ2) is 5.88. The van der Waals surface area contributed by atoms with Crippen molar-refractivity contribution in [3.8, 4) is 0 Å². The summed E-state index contributed by atoms with van der Waals surface area (Å²) < 4.78 is 5.42. The Bertz CT molecular complexity index is 475. The van der Waals surface area contributed by atoms with E-state index in [1.165, 1.54) is 6.92 Å². The van der Waals surface area contributed by atoms with Crippen molar-refractivity contribution >= 4 is 11.5 Å². The first-order valence-electron chi connectivity index (χ1n) is 6.47. The first kappa shape index (κ1) is 14.9. The summed E-state index contributed by atoms with van der Waals surface area (Å²) in [6.45, 7) is 3.10. The van der Waals surface area contributed by atoms with Crippen LogP contribution in [0.2, 0.25) is 0 Å².